The third-order valence-electron chi connectivity index (χ3n) is 6.38. The van der Waals surface area contributed by atoms with Crippen LogP contribution >= 0.6 is 0 Å². The highest BCUT2D eigenvalue weighted by molar-refractivity contribution is 7.92. The fourth-order valence-electron chi connectivity index (χ4n) is 4.35. The fraction of sp³-hybridized carbons (Fsp3) is 0.333. The van der Waals surface area contributed by atoms with E-state index in [1.807, 2.05) is 82.3 Å². The smallest absolute Gasteiger partial charge is 0.271 e. The quantitative estimate of drug-likeness (QED) is 0.267. The number of amides is 2. The monoisotopic (exact) mass is 580 g/mol. The lowest BCUT2D eigenvalue weighted by molar-refractivity contribution is -0.384. The summed E-state index contributed by atoms with van der Waals surface area (Å²) in [5, 5.41) is 14.3. The van der Waals surface area contributed by atoms with Gasteiger partial charge in [-0.2, -0.15) is 0 Å². The molecular formula is C30H36N4O6S. The highest BCUT2D eigenvalue weighted by atomic mass is 32.2. The molecule has 10 nitrogen and oxygen atoms in total. The standard InChI is InChI=1S/C30H36N4O6S/c1-22-12-9-10-15-24(22)20-32(27(29(36)31-30(2,3)4)18-23-13-7-6-8-14-23)28(35)21-33(41(5,39)40)25-16-11-17-26(19-25)34(37)38/h6-17,19,27H,18,20-21H2,1-5H3,(H,31,36)/t27-/m0/s1. The predicted molar refractivity (Wildman–Crippen MR) is 159 cm³/mol. The fourth-order valence-corrected chi connectivity index (χ4v) is 5.19. The van der Waals surface area contributed by atoms with E-state index in [0.717, 1.165) is 33.3 Å². The Balaban J connectivity index is 2.10. The Kier molecular flexibility index (Phi) is 9.88. The van der Waals surface area contributed by atoms with Crippen LogP contribution < -0.4 is 9.62 Å². The largest absolute Gasteiger partial charge is 0.350 e. The maximum atomic E-state index is 14.1. The molecule has 0 unspecified atom stereocenters. The number of nitrogens with zero attached hydrogens (tertiary/aromatic N) is 3. The minimum Gasteiger partial charge on any atom is -0.350 e. The number of aryl methyl sites for hydroxylation is 1. The van der Waals surface area contributed by atoms with E-state index in [9.17, 15) is 28.1 Å². The highest BCUT2D eigenvalue weighted by Crippen LogP contribution is 2.25. The molecule has 0 fully saturated rings. The maximum absolute atomic E-state index is 14.1. The molecule has 0 heterocycles. The summed E-state index contributed by atoms with van der Waals surface area (Å²) in [6.45, 7) is 6.81. The van der Waals surface area contributed by atoms with Crippen LogP contribution in [0.1, 0.15) is 37.5 Å². The van der Waals surface area contributed by atoms with Crippen LogP contribution in [0.25, 0.3) is 0 Å². The van der Waals surface area contributed by atoms with Gasteiger partial charge in [0.1, 0.15) is 12.6 Å². The maximum Gasteiger partial charge on any atom is 0.271 e. The molecule has 3 aromatic rings. The van der Waals surface area contributed by atoms with Crippen molar-refractivity contribution in [3.63, 3.8) is 0 Å². The molecule has 3 aromatic carbocycles. The van der Waals surface area contributed by atoms with Crippen LogP contribution in [0.15, 0.2) is 78.9 Å². The van der Waals surface area contributed by atoms with Crippen LogP contribution in [0.4, 0.5) is 11.4 Å². The molecule has 0 aromatic heterocycles. The van der Waals surface area contributed by atoms with Gasteiger partial charge in [0.05, 0.1) is 16.9 Å². The Labute approximate surface area is 241 Å². The number of nitro benzene ring substituents is 1. The van der Waals surface area contributed by atoms with Gasteiger partial charge in [0.2, 0.25) is 21.8 Å². The van der Waals surface area contributed by atoms with Gasteiger partial charge < -0.3 is 10.2 Å². The van der Waals surface area contributed by atoms with E-state index in [-0.39, 0.29) is 30.2 Å². The molecular weight excluding hydrogens is 544 g/mol. The van der Waals surface area contributed by atoms with Crippen LogP contribution in [0, 0.1) is 17.0 Å². The van der Waals surface area contributed by atoms with Crippen molar-refractivity contribution >= 4 is 33.2 Å². The molecule has 0 spiro atoms. The Bertz CT molecular complexity index is 1500. The van der Waals surface area contributed by atoms with Gasteiger partial charge in [0.15, 0.2) is 0 Å². The van der Waals surface area contributed by atoms with E-state index in [1.54, 1.807) is 0 Å². The Morgan fingerprint density at radius 3 is 2.20 bits per heavy atom. The lowest BCUT2D eigenvalue weighted by Crippen LogP contribution is -2.56. The first-order chi connectivity index (χ1) is 19.2. The minimum absolute atomic E-state index is 0.0235. The average Bonchev–Trinajstić information content (AvgIpc) is 2.89. The number of sulfonamides is 1. The van der Waals surface area contributed by atoms with Crippen LogP contribution in [0.2, 0.25) is 0 Å². The van der Waals surface area contributed by atoms with Crippen LogP contribution in [0.3, 0.4) is 0 Å². The molecule has 0 bridgehead atoms. The number of nitrogens with one attached hydrogen (secondary N) is 1. The normalized spacial score (nSPS) is 12.3. The molecule has 0 radical (unpaired) electrons. The van der Waals surface area contributed by atoms with Gasteiger partial charge in [-0.1, -0.05) is 60.7 Å². The molecule has 0 aliphatic heterocycles. The summed E-state index contributed by atoms with van der Waals surface area (Å²) < 4.78 is 26.6. The second-order valence-corrected chi connectivity index (χ2v) is 12.8. The Morgan fingerprint density at radius 2 is 1.61 bits per heavy atom. The molecule has 2 amide bonds. The van der Waals surface area contributed by atoms with Crippen LogP contribution in [-0.2, 0) is 32.6 Å². The second kappa shape index (κ2) is 12.9. The molecule has 3 rings (SSSR count). The molecule has 0 saturated heterocycles. The van der Waals surface area contributed by atoms with Crippen molar-refractivity contribution in [3.8, 4) is 0 Å². The third kappa shape index (κ3) is 8.87. The first kappa shape index (κ1) is 31.3. The number of non-ortho nitro benzene ring substituents is 1. The molecule has 1 N–H and O–H groups in total. The van der Waals surface area contributed by atoms with E-state index in [4.69, 9.17) is 0 Å². The Morgan fingerprint density at radius 1 is 0.976 bits per heavy atom. The second-order valence-electron chi connectivity index (χ2n) is 10.9. The summed E-state index contributed by atoms with van der Waals surface area (Å²) in [6, 6.07) is 20.8. The first-order valence-electron chi connectivity index (χ1n) is 13.1. The van der Waals surface area contributed by atoms with Gasteiger partial charge in [-0.15, -0.1) is 0 Å². The van der Waals surface area contributed by atoms with Crippen LogP contribution in [0.5, 0.6) is 0 Å². The lowest BCUT2D eigenvalue weighted by atomic mass is 10.00. The predicted octanol–water partition coefficient (Wildman–Crippen LogP) is 4.22. The lowest BCUT2D eigenvalue weighted by Gasteiger charge is -2.35. The highest BCUT2D eigenvalue weighted by Gasteiger charge is 2.34. The molecule has 0 saturated carbocycles. The molecule has 0 aliphatic carbocycles. The van der Waals surface area contributed by atoms with Crippen molar-refractivity contribution in [2.24, 2.45) is 0 Å². The summed E-state index contributed by atoms with van der Waals surface area (Å²) in [7, 11) is -4.04. The number of hydrogen-bond donors (Lipinski definition) is 1. The number of benzene rings is 3. The van der Waals surface area contributed by atoms with E-state index in [0.29, 0.717) is 0 Å². The van der Waals surface area contributed by atoms with Gasteiger partial charge in [-0.3, -0.25) is 24.0 Å². The van der Waals surface area contributed by atoms with Crippen LogP contribution in [-0.4, -0.2) is 54.4 Å². The topological polar surface area (TPSA) is 130 Å². The van der Waals surface area contributed by atoms with E-state index < -0.39 is 39.0 Å². The zero-order valence-electron chi connectivity index (χ0n) is 23.9. The van der Waals surface area contributed by atoms with Crippen molar-refractivity contribution in [1.29, 1.82) is 0 Å². The van der Waals surface area contributed by atoms with Crippen molar-refractivity contribution in [1.82, 2.24) is 10.2 Å². The van der Waals surface area contributed by atoms with Crippen molar-refractivity contribution < 1.29 is 22.9 Å². The zero-order chi connectivity index (χ0) is 30.4. The average molecular weight is 581 g/mol. The summed E-state index contributed by atoms with van der Waals surface area (Å²) in [5.41, 5.74) is 1.59. The SMILES string of the molecule is Cc1ccccc1CN(C(=O)CN(c1cccc([N+](=O)[O-])c1)S(C)(=O)=O)[C@@H](Cc1ccccc1)C(=O)NC(C)(C)C. The molecule has 41 heavy (non-hydrogen) atoms. The summed E-state index contributed by atoms with van der Waals surface area (Å²) in [6.07, 6.45) is 1.12. The zero-order valence-corrected chi connectivity index (χ0v) is 24.7. The van der Waals surface area contributed by atoms with Gasteiger partial charge in [-0.05, 0) is 50.5 Å². The number of carbonyl (C=O) groups is 2. The number of hydrogen-bond acceptors (Lipinski definition) is 6. The minimum atomic E-state index is -4.04. The number of anilines is 1. The van der Waals surface area contributed by atoms with Crippen molar-refractivity contribution in [3.05, 3.63) is 106 Å². The number of carbonyl (C=O) groups excluding carboxylic acids is 2. The van der Waals surface area contributed by atoms with E-state index >= 15 is 0 Å². The van der Waals surface area contributed by atoms with Gasteiger partial charge in [-0.25, -0.2) is 8.42 Å². The molecule has 1 atom stereocenters. The summed E-state index contributed by atoms with van der Waals surface area (Å²) in [5.74, 6) is -1.01. The number of rotatable bonds is 11. The summed E-state index contributed by atoms with van der Waals surface area (Å²) in [4.78, 5) is 40.0. The molecule has 218 valence electrons. The molecule has 11 heteroatoms. The van der Waals surface area contributed by atoms with E-state index in [2.05, 4.69) is 5.32 Å². The van der Waals surface area contributed by atoms with Crippen molar-refractivity contribution in [2.45, 2.75) is 52.2 Å². The van der Waals surface area contributed by atoms with Gasteiger partial charge in [0, 0.05) is 30.6 Å². The third-order valence-corrected chi connectivity index (χ3v) is 7.52. The van der Waals surface area contributed by atoms with E-state index in [1.165, 1.54) is 23.1 Å². The van der Waals surface area contributed by atoms with Gasteiger partial charge >= 0.3 is 0 Å². The van der Waals surface area contributed by atoms with Gasteiger partial charge in [0.25, 0.3) is 5.69 Å². The molecule has 0 aliphatic rings. The van der Waals surface area contributed by atoms with Crippen molar-refractivity contribution in [2.75, 3.05) is 17.1 Å². The Hall–Kier alpha value is -4.25. The number of nitro groups is 1. The first-order valence-corrected chi connectivity index (χ1v) is 14.9. The summed E-state index contributed by atoms with van der Waals surface area (Å²) >= 11 is 0.